The molecule has 0 atom stereocenters. The summed E-state index contributed by atoms with van der Waals surface area (Å²) in [5.41, 5.74) is 10.4. The Balaban J connectivity index is 0.00000364. The van der Waals surface area contributed by atoms with Crippen LogP contribution in [0.5, 0.6) is 0 Å². The number of hydrogen-bond donors (Lipinski definition) is 2. The van der Waals surface area contributed by atoms with E-state index in [9.17, 15) is 22.0 Å². The van der Waals surface area contributed by atoms with Crippen LogP contribution in [-0.2, 0) is 14.8 Å². The molecule has 0 spiro atoms. The first kappa shape index (κ1) is 26.3. The lowest BCUT2D eigenvalue weighted by Crippen LogP contribution is -2.50. The first-order valence-electron chi connectivity index (χ1n) is 8.00. The summed E-state index contributed by atoms with van der Waals surface area (Å²) in [5.74, 6) is -2.48. The van der Waals surface area contributed by atoms with Crippen molar-refractivity contribution in [2.45, 2.75) is 17.7 Å². The molecular weight excluding hydrogens is 439 g/mol. The highest BCUT2D eigenvalue weighted by atomic mass is 35.5. The summed E-state index contributed by atoms with van der Waals surface area (Å²) in [6.07, 6.45) is 0.747. The molecule has 8 nitrogen and oxygen atoms in total. The molecule has 0 saturated carbocycles. The van der Waals surface area contributed by atoms with Crippen molar-refractivity contribution in [3.05, 3.63) is 29.8 Å². The molecule has 0 radical (unpaired) electrons. The van der Waals surface area contributed by atoms with Crippen molar-refractivity contribution in [1.82, 2.24) is 9.21 Å². The maximum absolute atomic E-state index is 13.3. The third-order valence-electron chi connectivity index (χ3n) is 3.96. The Bertz CT molecular complexity index is 799. The maximum Gasteiger partial charge on any atom is 0.243 e. The fourth-order valence-electron chi connectivity index (χ4n) is 2.56. The molecule has 1 amide bonds. The molecule has 0 aromatic heterocycles. The number of benzene rings is 1. The van der Waals surface area contributed by atoms with Crippen LogP contribution in [0.2, 0.25) is 0 Å². The Morgan fingerprint density at radius 2 is 1.68 bits per heavy atom. The molecule has 0 unspecified atom stereocenters. The van der Waals surface area contributed by atoms with E-state index < -0.39 is 21.7 Å². The van der Waals surface area contributed by atoms with Gasteiger partial charge in [0, 0.05) is 39.1 Å². The summed E-state index contributed by atoms with van der Waals surface area (Å²) in [5, 5.41) is 0. The van der Waals surface area contributed by atoms with Gasteiger partial charge in [-0.2, -0.15) is 4.31 Å². The van der Waals surface area contributed by atoms with Gasteiger partial charge in [-0.05, 0) is 24.6 Å². The van der Waals surface area contributed by atoms with E-state index in [1.807, 2.05) is 0 Å². The first-order chi connectivity index (χ1) is 12.2. The lowest BCUT2D eigenvalue weighted by atomic mass is 10.2. The second-order valence-corrected chi connectivity index (χ2v) is 7.71. The molecule has 1 fully saturated rings. The molecule has 1 aromatic rings. The van der Waals surface area contributed by atoms with Crippen LogP contribution >= 0.6 is 24.8 Å². The number of carbonyl (C=O) groups is 1. The number of amides is 1. The van der Waals surface area contributed by atoms with Gasteiger partial charge in [-0.15, -0.1) is 24.8 Å². The maximum atomic E-state index is 13.3. The SMILES string of the molecule is Cl.Cl.NC(N)=NCCCC(=O)N1CCN(S(=O)(=O)c2ccc(F)c(F)c2)CC1. The topological polar surface area (TPSA) is 122 Å². The van der Waals surface area contributed by atoms with E-state index in [0.29, 0.717) is 19.0 Å². The molecule has 160 valence electrons. The number of rotatable bonds is 6. The van der Waals surface area contributed by atoms with Crippen molar-refractivity contribution in [2.24, 2.45) is 16.5 Å². The van der Waals surface area contributed by atoms with E-state index in [1.165, 1.54) is 0 Å². The molecule has 1 aliphatic heterocycles. The second-order valence-electron chi connectivity index (χ2n) is 5.77. The van der Waals surface area contributed by atoms with Crippen molar-refractivity contribution in [2.75, 3.05) is 32.7 Å². The summed E-state index contributed by atoms with van der Waals surface area (Å²) < 4.78 is 52.4. The standard InChI is InChI=1S/C15H21F2N5O3S.2ClH/c16-12-4-3-11(10-13(12)17)26(24,25)22-8-6-21(7-9-22)14(23)2-1-5-20-15(18)19;;/h3-4,10H,1-2,5-9H2,(H4,18,19,20);2*1H. The highest BCUT2D eigenvalue weighted by Crippen LogP contribution is 2.20. The van der Waals surface area contributed by atoms with Gasteiger partial charge >= 0.3 is 0 Å². The third-order valence-corrected chi connectivity index (χ3v) is 5.86. The van der Waals surface area contributed by atoms with E-state index in [0.717, 1.165) is 16.4 Å². The molecule has 1 saturated heterocycles. The quantitative estimate of drug-likeness (QED) is 0.366. The number of carbonyl (C=O) groups excluding carboxylic acids is 1. The van der Waals surface area contributed by atoms with Gasteiger partial charge in [0.1, 0.15) is 0 Å². The zero-order valence-corrected chi connectivity index (χ0v) is 17.3. The highest BCUT2D eigenvalue weighted by Gasteiger charge is 2.30. The van der Waals surface area contributed by atoms with Gasteiger partial charge in [-0.1, -0.05) is 0 Å². The minimum atomic E-state index is -3.94. The van der Waals surface area contributed by atoms with Crippen LogP contribution in [0.15, 0.2) is 28.1 Å². The van der Waals surface area contributed by atoms with Crippen molar-refractivity contribution < 1.29 is 22.0 Å². The van der Waals surface area contributed by atoms with Crippen molar-refractivity contribution in [3.63, 3.8) is 0 Å². The van der Waals surface area contributed by atoms with E-state index in [1.54, 1.807) is 4.90 Å². The number of nitrogens with zero attached hydrogens (tertiary/aromatic N) is 3. The Hall–Kier alpha value is -1.69. The Morgan fingerprint density at radius 3 is 2.21 bits per heavy atom. The molecule has 1 aromatic carbocycles. The van der Waals surface area contributed by atoms with Gasteiger partial charge in [0.05, 0.1) is 4.90 Å². The Labute approximate surface area is 174 Å². The van der Waals surface area contributed by atoms with Crippen molar-refractivity contribution in [3.8, 4) is 0 Å². The number of sulfonamides is 1. The average Bonchev–Trinajstić information content (AvgIpc) is 2.60. The van der Waals surface area contributed by atoms with E-state index in [2.05, 4.69) is 4.99 Å². The Morgan fingerprint density at radius 1 is 1.07 bits per heavy atom. The van der Waals surface area contributed by atoms with E-state index >= 15 is 0 Å². The molecule has 2 rings (SSSR count). The first-order valence-corrected chi connectivity index (χ1v) is 9.44. The lowest BCUT2D eigenvalue weighted by molar-refractivity contribution is -0.132. The number of nitrogens with two attached hydrogens (primary N) is 2. The summed E-state index contributed by atoms with van der Waals surface area (Å²) >= 11 is 0. The fourth-order valence-corrected chi connectivity index (χ4v) is 4.00. The third kappa shape index (κ3) is 6.73. The van der Waals surface area contributed by atoms with Crippen LogP contribution < -0.4 is 11.5 Å². The Kier molecular flexibility index (Phi) is 10.7. The molecule has 13 heteroatoms. The largest absolute Gasteiger partial charge is 0.370 e. The minimum Gasteiger partial charge on any atom is -0.370 e. The number of halogens is 4. The van der Waals surface area contributed by atoms with Crippen molar-refractivity contribution >= 4 is 46.7 Å². The average molecular weight is 462 g/mol. The second kappa shape index (κ2) is 11.3. The molecule has 4 N–H and O–H groups in total. The van der Waals surface area contributed by atoms with Gasteiger partial charge in [-0.3, -0.25) is 9.79 Å². The molecule has 1 aliphatic rings. The lowest BCUT2D eigenvalue weighted by Gasteiger charge is -2.34. The van der Waals surface area contributed by atoms with Gasteiger partial charge < -0.3 is 16.4 Å². The summed E-state index contributed by atoms with van der Waals surface area (Å²) in [6, 6.07) is 2.46. The number of guanidine groups is 1. The summed E-state index contributed by atoms with van der Waals surface area (Å²) in [6.45, 7) is 0.967. The van der Waals surface area contributed by atoms with Gasteiger partial charge in [-0.25, -0.2) is 17.2 Å². The highest BCUT2D eigenvalue weighted by molar-refractivity contribution is 7.89. The van der Waals surface area contributed by atoms with Crippen LogP contribution in [0.4, 0.5) is 8.78 Å². The van der Waals surface area contributed by atoms with Crippen LogP contribution in [0.1, 0.15) is 12.8 Å². The van der Waals surface area contributed by atoms with E-state index in [4.69, 9.17) is 11.5 Å². The van der Waals surface area contributed by atoms with Crippen molar-refractivity contribution in [1.29, 1.82) is 0 Å². The van der Waals surface area contributed by atoms with Crippen LogP contribution in [0, 0.1) is 11.6 Å². The van der Waals surface area contributed by atoms with Gasteiger partial charge in [0.25, 0.3) is 0 Å². The van der Waals surface area contributed by atoms with E-state index in [-0.39, 0.29) is 74.2 Å². The van der Waals surface area contributed by atoms with Crippen LogP contribution in [0.25, 0.3) is 0 Å². The molecular formula is C15H23Cl2F2N5O3S. The smallest absolute Gasteiger partial charge is 0.243 e. The normalized spacial score (nSPS) is 14.6. The number of hydrogen-bond acceptors (Lipinski definition) is 4. The minimum absolute atomic E-state index is 0. The monoisotopic (exact) mass is 461 g/mol. The molecule has 0 bridgehead atoms. The van der Waals surface area contributed by atoms with Crippen LogP contribution in [-0.4, -0.2) is 62.2 Å². The zero-order chi connectivity index (χ0) is 19.3. The molecule has 1 heterocycles. The summed E-state index contributed by atoms with van der Waals surface area (Å²) in [7, 11) is -3.94. The predicted molar refractivity (Wildman–Crippen MR) is 106 cm³/mol. The molecule has 28 heavy (non-hydrogen) atoms. The van der Waals surface area contributed by atoms with Crippen LogP contribution in [0.3, 0.4) is 0 Å². The van der Waals surface area contributed by atoms with Gasteiger partial charge in [0.15, 0.2) is 17.6 Å². The van der Waals surface area contributed by atoms with Gasteiger partial charge in [0.2, 0.25) is 15.9 Å². The predicted octanol–water partition coefficient (Wildman–Crippen LogP) is 0.695. The molecule has 0 aliphatic carbocycles. The fraction of sp³-hybridized carbons (Fsp3) is 0.467. The zero-order valence-electron chi connectivity index (χ0n) is 14.9. The number of piperazine rings is 1. The summed E-state index contributed by atoms with van der Waals surface area (Å²) in [4.78, 5) is 17.1. The number of aliphatic imine (C=N–C) groups is 1.